The van der Waals surface area contributed by atoms with E-state index >= 15 is 0 Å². The third kappa shape index (κ3) is 25.7. The van der Waals surface area contributed by atoms with Gasteiger partial charge in [-0.2, -0.15) is 0 Å². The molecule has 0 aliphatic rings. The van der Waals surface area contributed by atoms with Gasteiger partial charge >= 0.3 is 43.7 Å². The summed E-state index contributed by atoms with van der Waals surface area (Å²) in [5.74, 6) is 0. The van der Waals surface area contributed by atoms with E-state index in [1.54, 1.807) is 0 Å². The molecule has 0 aromatic heterocycles. The van der Waals surface area contributed by atoms with Gasteiger partial charge in [-0.3, -0.25) is 0 Å². The van der Waals surface area contributed by atoms with Crippen LogP contribution in [0.1, 0.15) is 0 Å². The summed E-state index contributed by atoms with van der Waals surface area (Å²) in [6.07, 6.45) is 0. The van der Waals surface area contributed by atoms with Gasteiger partial charge in [0.1, 0.15) is 0 Å². The molecule has 0 aliphatic heterocycles. The van der Waals surface area contributed by atoms with Gasteiger partial charge in [0, 0.05) is 8.41 Å². The fourth-order valence-corrected chi connectivity index (χ4v) is 0. The zero-order valence-electron chi connectivity index (χ0n) is 2.16. The van der Waals surface area contributed by atoms with Crippen LogP contribution in [0.2, 0.25) is 0 Å². The van der Waals surface area contributed by atoms with E-state index in [9.17, 15) is 0 Å². The summed E-state index contributed by atoms with van der Waals surface area (Å²) in [6.45, 7) is 0. The summed E-state index contributed by atoms with van der Waals surface area (Å²) in [6, 6.07) is 0. The quantitative estimate of drug-likeness (QED) is 0.589. The number of hydrogen-bond acceptors (Lipinski definition) is 0. The average molecular weight is 326 g/mol. The van der Waals surface area contributed by atoms with Crippen molar-refractivity contribution >= 4 is 52.1 Å². The zero-order valence-corrected chi connectivity index (χ0v) is 7.90. The first-order valence-corrected chi connectivity index (χ1v) is 13.3. The predicted molar refractivity (Wildman–Crippen MR) is 29.1 cm³/mol. The van der Waals surface area contributed by atoms with Crippen LogP contribution >= 0.6 is 25.5 Å². The summed E-state index contributed by atoms with van der Waals surface area (Å²) < 4.78 is 0. The van der Waals surface area contributed by atoms with Crippen LogP contribution in [0.4, 0.5) is 0 Å². The molecule has 5 heteroatoms. The monoisotopic (exact) mass is 325 g/mol. The minimum absolute atomic E-state index is 0. The first kappa shape index (κ1) is 9.94. The molecule has 0 amide bonds. The van der Waals surface area contributed by atoms with Crippen LogP contribution in [-0.2, 0) is 0 Å². The van der Waals surface area contributed by atoms with Crippen LogP contribution in [0.5, 0.6) is 0 Å². The fourth-order valence-electron chi connectivity index (χ4n) is 0. The average Bonchev–Trinajstić information content (AvgIpc) is 0.811. The van der Waals surface area contributed by atoms with Crippen molar-refractivity contribution in [1.29, 1.82) is 0 Å². The molecule has 0 aromatic rings. The molecular weight excluding hydrogens is 326 g/mol. The molecule has 0 nitrogen and oxygen atoms in total. The van der Waals surface area contributed by atoms with Crippen molar-refractivity contribution in [3.63, 3.8) is 0 Å². The molecule has 0 spiro atoms. The van der Waals surface area contributed by atoms with Crippen LogP contribution in [0.25, 0.3) is 0 Å². The van der Waals surface area contributed by atoms with E-state index in [1.165, 1.54) is 0 Å². The molecule has 0 fully saturated rings. The molecule has 0 bridgehead atoms. The second-order valence-corrected chi connectivity index (χ2v) is 15.1. The minimum atomic E-state index is -2.18. The Kier molecular flexibility index (Phi) is 11.6. The third-order valence-electron chi connectivity index (χ3n) is 0. The van der Waals surface area contributed by atoms with Crippen molar-refractivity contribution in [2.45, 2.75) is 0 Å². The van der Waals surface area contributed by atoms with Crippen LogP contribution in [-0.4, -0.2) is 26.6 Å². The Labute approximate surface area is 51.7 Å². The Balaban J connectivity index is 0. The van der Waals surface area contributed by atoms with E-state index in [0.29, 0.717) is 0 Å². The fraction of sp³-hybridized carbons (Fsp3) is 0. The van der Waals surface area contributed by atoms with E-state index in [1.807, 2.05) is 0 Å². The topological polar surface area (TPSA) is 0 Å². The van der Waals surface area contributed by atoms with Crippen molar-refractivity contribution in [1.82, 2.24) is 0 Å². The second-order valence-electron chi connectivity index (χ2n) is 0.192. The molecule has 0 rings (SSSR count). The van der Waals surface area contributed by atoms with E-state index in [2.05, 4.69) is 0 Å². The Bertz CT molecular complexity index is 11.6. The van der Waals surface area contributed by atoms with Crippen LogP contribution in [0, 0.1) is 0 Å². The molecule has 0 atom stereocenters. The standard InChI is InChI=1S/B.Bi.3ClH/h;;3*1H/q;+3;;;/p-3. The normalized spacial score (nSPS) is 7.20. The van der Waals surface area contributed by atoms with Crippen LogP contribution in [0.3, 0.4) is 0 Å². The van der Waals surface area contributed by atoms with E-state index in [4.69, 9.17) is 25.5 Å². The molecule has 0 aromatic carbocycles. The molecule has 5 heavy (non-hydrogen) atoms. The molecule has 0 saturated heterocycles. The van der Waals surface area contributed by atoms with Gasteiger partial charge in [0.25, 0.3) is 0 Å². The Morgan fingerprint density at radius 2 is 1.00 bits per heavy atom. The summed E-state index contributed by atoms with van der Waals surface area (Å²) in [5.41, 5.74) is 0. The van der Waals surface area contributed by atoms with Crippen molar-refractivity contribution < 1.29 is 0 Å². The van der Waals surface area contributed by atoms with Crippen molar-refractivity contribution in [2.75, 3.05) is 0 Å². The van der Waals surface area contributed by atoms with Gasteiger partial charge < -0.3 is 0 Å². The number of rotatable bonds is 0. The molecule has 0 heterocycles. The van der Waals surface area contributed by atoms with Gasteiger partial charge in [-0.05, 0) is 0 Å². The molecule has 29 valence electrons. The van der Waals surface area contributed by atoms with Crippen molar-refractivity contribution in [2.24, 2.45) is 0 Å². The van der Waals surface area contributed by atoms with Gasteiger partial charge in [0.2, 0.25) is 0 Å². The van der Waals surface area contributed by atoms with Gasteiger partial charge in [0.05, 0.1) is 0 Å². The summed E-state index contributed by atoms with van der Waals surface area (Å²) >= 11 is -2.18. The van der Waals surface area contributed by atoms with E-state index < -0.39 is 18.2 Å². The molecular formula is BBiCl3. The maximum atomic E-state index is 5.01. The molecule has 0 aliphatic carbocycles. The van der Waals surface area contributed by atoms with Gasteiger partial charge in [-0.1, -0.05) is 0 Å². The summed E-state index contributed by atoms with van der Waals surface area (Å²) in [7, 11) is 15.0. The molecule has 0 unspecified atom stereocenters. The zero-order chi connectivity index (χ0) is 3.58. The maximum absolute atomic E-state index is 5.01. The molecule has 0 saturated carbocycles. The molecule has 3 radical (unpaired) electrons. The van der Waals surface area contributed by atoms with Gasteiger partial charge in [0.15, 0.2) is 0 Å². The Hall–Kier alpha value is 1.82. The van der Waals surface area contributed by atoms with Crippen molar-refractivity contribution in [3.05, 3.63) is 0 Å². The first-order valence-electron chi connectivity index (χ1n) is 0.507. The summed E-state index contributed by atoms with van der Waals surface area (Å²) in [5, 5.41) is 0. The van der Waals surface area contributed by atoms with Crippen molar-refractivity contribution in [3.8, 4) is 0 Å². The number of hydrogen-bond donors (Lipinski definition) is 0. The third-order valence-corrected chi connectivity index (χ3v) is 0. The van der Waals surface area contributed by atoms with E-state index in [0.717, 1.165) is 0 Å². The SMILES string of the molecule is [B].[Cl][Bi]([Cl])[Cl]. The Morgan fingerprint density at radius 3 is 1.00 bits per heavy atom. The second kappa shape index (κ2) is 5.82. The first-order chi connectivity index (χ1) is 1.73. The van der Waals surface area contributed by atoms with Gasteiger partial charge in [-0.25, -0.2) is 0 Å². The predicted octanol–water partition coefficient (Wildman–Crippen LogP) is 1.31. The van der Waals surface area contributed by atoms with E-state index in [-0.39, 0.29) is 8.41 Å². The summed E-state index contributed by atoms with van der Waals surface area (Å²) in [4.78, 5) is 0. The Morgan fingerprint density at radius 1 is 1.00 bits per heavy atom. The number of halogens is 3. The van der Waals surface area contributed by atoms with Crippen LogP contribution in [0.15, 0.2) is 0 Å². The van der Waals surface area contributed by atoms with Crippen LogP contribution < -0.4 is 0 Å². The van der Waals surface area contributed by atoms with Gasteiger partial charge in [-0.15, -0.1) is 0 Å². The molecule has 0 N–H and O–H groups in total.